The summed E-state index contributed by atoms with van der Waals surface area (Å²) in [6.07, 6.45) is 22.2. The van der Waals surface area contributed by atoms with Crippen LogP contribution in [-0.4, -0.2) is 62.0 Å². The van der Waals surface area contributed by atoms with E-state index in [0.29, 0.717) is 31.4 Å². The smallest absolute Gasteiger partial charge is 0.350 e. The number of aromatic amines is 1. The first-order valence-electron chi connectivity index (χ1n) is 17.4. The topological polar surface area (TPSA) is 143 Å². The molecule has 2 aromatic heterocycles. The van der Waals surface area contributed by atoms with Gasteiger partial charge in [0.25, 0.3) is 5.56 Å². The van der Waals surface area contributed by atoms with Gasteiger partial charge in [-0.25, -0.2) is 4.98 Å². The van der Waals surface area contributed by atoms with Gasteiger partial charge in [-0.1, -0.05) is 121 Å². The molecule has 0 aliphatic rings. The number of hydrogen-bond donors (Lipinski definition) is 3. The molecule has 0 fully saturated rings. The molecule has 0 atom stereocenters. The molecule has 2 heterocycles. The molecule has 0 radical (unpaired) electrons. The fourth-order valence-corrected chi connectivity index (χ4v) is 5.92. The van der Waals surface area contributed by atoms with E-state index in [0.717, 1.165) is 12.1 Å². The van der Waals surface area contributed by atoms with Crippen LogP contribution in [0.5, 0.6) is 0 Å². The van der Waals surface area contributed by atoms with Crippen LogP contribution in [-0.2, 0) is 20.6 Å². The number of unbranched alkanes of at least 4 members (excludes halogenated alkanes) is 15. The highest BCUT2D eigenvalue weighted by molar-refractivity contribution is 7.51. The zero-order valence-electron chi connectivity index (χ0n) is 27.8. The molecule has 0 bridgehead atoms. The van der Waals surface area contributed by atoms with Crippen molar-refractivity contribution in [1.82, 2.24) is 19.5 Å². The Morgan fingerprint density at radius 1 is 0.804 bits per heavy atom. The van der Waals surface area contributed by atoms with Gasteiger partial charge in [0, 0.05) is 25.4 Å². The Hall–Kier alpha value is -2.56. The molecule has 0 amide bonds. The second-order valence-corrected chi connectivity index (χ2v) is 13.7. The van der Waals surface area contributed by atoms with E-state index in [1.165, 1.54) is 103 Å². The number of imidazole rings is 1. The number of benzene rings is 1. The molecule has 46 heavy (non-hydrogen) atoms. The summed E-state index contributed by atoms with van der Waals surface area (Å²) in [7, 11) is -4.25. The zero-order chi connectivity index (χ0) is 32.9. The summed E-state index contributed by atoms with van der Waals surface area (Å²) >= 11 is 0. The van der Waals surface area contributed by atoms with Crippen molar-refractivity contribution in [2.75, 3.05) is 37.6 Å². The number of ether oxygens (including phenoxy) is 2. The third-order valence-electron chi connectivity index (χ3n) is 8.12. The number of nitrogens with zero attached hydrogens (tertiary/aromatic N) is 4. The molecule has 0 aliphatic heterocycles. The normalized spacial score (nSPS) is 11.9. The molecule has 3 N–H and O–H groups in total. The highest BCUT2D eigenvalue weighted by Gasteiger charge is 2.17. The Morgan fingerprint density at radius 3 is 1.98 bits per heavy atom. The summed E-state index contributed by atoms with van der Waals surface area (Å²) in [5.41, 5.74) is 1.05. The average molecular weight is 662 g/mol. The molecule has 0 unspecified atom stereocenters. The van der Waals surface area contributed by atoms with Crippen LogP contribution in [0.25, 0.3) is 11.2 Å². The number of H-pyrrole nitrogens is 1. The third kappa shape index (κ3) is 14.9. The van der Waals surface area contributed by atoms with Crippen LogP contribution in [0.2, 0.25) is 0 Å². The molecular formula is C34H56N5O6P. The van der Waals surface area contributed by atoms with E-state index in [1.807, 2.05) is 35.2 Å². The van der Waals surface area contributed by atoms with E-state index in [2.05, 4.69) is 16.9 Å². The van der Waals surface area contributed by atoms with Crippen LogP contribution in [0.1, 0.15) is 110 Å². The molecule has 12 heteroatoms. The average Bonchev–Trinajstić information content (AvgIpc) is 3.45. The summed E-state index contributed by atoms with van der Waals surface area (Å²) in [6, 6.07) is 9.69. The molecule has 0 spiro atoms. The summed E-state index contributed by atoms with van der Waals surface area (Å²) in [5.74, 6) is 0.368. The minimum Gasteiger partial charge on any atom is -0.380 e. The van der Waals surface area contributed by atoms with Gasteiger partial charge >= 0.3 is 7.60 Å². The minimum absolute atomic E-state index is 0.0377. The predicted octanol–water partition coefficient (Wildman–Crippen LogP) is 7.69. The first kappa shape index (κ1) is 37.9. The summed E-state index contributed by atoms with van der Waals surface area (Å²) in [4.78, 5) is 44.6. The van der Waals surface area contributed by atoms with Gasteiger partial charge in [-0.15, -0.1) is 0 Å². The van der Waals surface area contributed by atoms with Crippen LogP contribution in [0.3, 0.4) is 0 Å². The van der Waals surface area contributed by atoms with Gasteiger partial charge in [0.05, 0.1) is 19.5 Å². The van der Waals surface area contributed by atoms with E-state index in [4.69, 9.17) is 24.2 Å². The molecule has 0 aliphatic carbocycles. The molecule has 3 rings (SSSR count). The number of aromatic nitrogens is 4. The first-order chi connectivity index (χ1) is 22.4. The first-order valence-corrected chi connectivity index (χ1v) is 19.2. The zero-order valence-corrected chi connectivity index (χ0v) is 28.7. The second kappa shape index (κ2) is 22.1. The van der Waals surface area contributed by atoms with Crippen molar-refractivity contribution < 1.29 is 23.8 Å². The summed E-state index contributed by atoms with van der Waals surface area (Å²) < 4.78 is 23.8. The van der Waals surface area contributed by atoms with E-state index in [-0.39, 0.29) is 24.2 Å². The molecular weight excluding hydrogens is 605 g/mol. The Labute approximate surface area is 274 Å². The standard InChI is InChI=1S/C34H56N5O6P/c1-2-3-4-5-6-7-8-9-10-11-12-13-14-15-16-20-25-44-27-24-39(30-21-18-17-19-22-30)34-36-32-31(33(40)37-34)35-28-38(32)23-26-45-29-46(41,42)43/h17-19,21-22,28H,2-16,20,23-27,29H2,1H3,(H,36,37,40)(H2,41,42,43). The molecule has 0 saturated heterocycles. The Balaban J connectivity index is 1.35. The van der Waals surface area contributed by atoms with Gasteiger partial charge < -0.3 is 28.7 Å². The summed E-state index contributed by atoms with van der Waals surface area (Å²) in [5, 5.41) is 0. The number of fused-ring (bicyclic) bond motifs is 1. The molecule has 3 aromatic rings. The van der Waals surface area contributed by atoms with Gasteiger partial charge in [-0.05, 0) is 18.6 Å². The van der Waals surface area contributed by atoms with E-state index in [9.17, 15) is 9.36 Å². The van der Waals surface area contributed by atoms with Crippen molar-refractivity contribution in [1.29, 1.82) is 0 Å². The fraction of sp³-hybridized carbons (Fsp3) is 0.676. The maximum Gasteiger partial charge on any atom is 0.350 e. The van der Waals surface area contributed by atoms with Crippen molar-refractivity contribution in [3.05, 3.63) is 47.0 Å². The molecule has 11 nitrogen and oxygen atoms in total. The lowest BCUT2D eigenvalue weighted by molar-refractivity contribution is 0.137. The van der Waals surface area contributed by atoms with Gasteiger partial charge in [0.1, 0.15) is 6.35 Å². The predicted molar refractivity (Wildman–Crippen MR) is 185 cm³/mol. The van der Waals surface area contributed by atoms with Crippen molar-refractivity contribution in [3.63, 3.8) is 0 Å². The number of nitrogens with one attached hydrogen (secondary N) is 1. The number of para-hydroxylation sites is 1. The van der Waals surface area contributed by atoms with Gasteiger partial charge in [-0.2, -0.15) is 4.98 Å². The van der Waals surface area contributed by atoms with Crippen LogP contribution in [0.4, 0.5) is 11.6 Å². The van der Waals surface area contributed by atoms with Crippen LogP contribution < -0.4 is 10.5 Å². The van der Waals surface area contributed by atoms with Crippen LogP contribution in [0.15, 0.2) is 41.5 Å². The summed E-state index contributed by atoms with van der Waals surface area (Å²) in [6.45, 7) is 4.22. The molecule has 258 valence electrons. The Kier molecular flexibility index (Phi) is 18.2. The molecule has 0 saturated carbocycles. The fourth-order valence-electron chi connectivity index (χ4n) is 5.56. The van der Waals surface area contributed by atoms with Crippen LogP contribution >= 0.6 is 7.60 Å². The lowest BCUT2D eigenvalue weighted by Crippen LogP contribution is -2.27. The maximum atomic E-state index is 12.9. The highest BCUT2D eigenvalue weighted by Crippen LogP contribution is 2.33. The minimum atomic E-state index is -4.25. The number of rotatable bonds is 27. The van der Waals surface area contributed by atoms with Crippen molar-refractivity contribution in [2.45, 2.75) is 116 Å². The number of anilines is 2. The van der Waals surface area contributed by atoms with Gasteiger partial charge in [-0.3, -0.25) is 14.3 Å². The van der Waals surface area contributed by atoms with Crippen molar-refractivity contribution in [3.8, 4) is 0 Å². The monoisotopic (exact) mass is 661 g/mol. The number of hydrogen-bond acceptors (Lipinski definition) is 7. The van der Waals surface area contributed by atoms with E-state index < -0.39 is 13.9 Å². The van der Waals surface area contributed by atoms with Crippen molar-refractivity contribution >= 4 is 30.4 Å². The lowest BCUT2D eigenvalue weighted by Gasteiger charge is -2.23. The van der Waals surface area contributed by atoms with Crippen LogP contribution in [0, 0.1) is 0 Å². The molecule has 1 aromatic carbocycles. The van der Waals surface area contributed by atoms with Crippen molar-refractivity contribution in [2.24, 2.45) is 0 Å². The quantitative estimate of drug-likeness (QED) is 0.0553. The second-order valence-electron chi connectivity index (χ2n) is 12.1. The van der Waals surface area contributed by atoms with E-state index in [1.54, 1.807) is 4.57 Å². The largest absolute Gasteiger partial charge is 0.380 e. The highest BCUT2D eigenvalue weighted by atomic mass is 31.2. The Bertz CT molecular complexity index is 1330. The Morgan fingerprint density at radius 2 is 1.39 bits per heavy atom. The maximum absolute atomic E-state index is 12.9. The van der Waals surface area contributed by atoms with Gasteiger partial charge in [0.2, 0.25) is 5.95 Å². The lowest BCUT2D eigenvalue weighted by atomic mass is 10.0. The van der Waals surface area contributed by atoms with Gasteiger partial charge in [0.15, 0.2) is 11.2 Å². The SMILES string of the molecule is CCCCCCCCCCCCCCCCCCOCCN(c1ccccc1)c1nc2c(ncn2CCOCP(=O)(O)O)c(=O)[nH]1. The van der Waals surface area contributed by atoms with E-state index >= 15 is 0 Å². The third-order valence-corrected chi connectivity index (χ3v) is 8.64.